The summed E-state index contributed by atoms with van der Waals surface area (Å²) >= 11 is 0. The highest BCUT2D eigenvalue weighted by Gasteiger charge is 2.24. The molecule has 1 saturated heterocycles. The number of ether oxygens (including phenoxy) is 2. The van der Waals surface area contributed by atoms with Crippen molar-refractivity contribution in [3.63, 3.8) is 0 Å². The highest BCUT2D eigenvalue weighted by molar-refractivity contribution is 6.45. The summed E-state index contributed by atoms with van der Waals surface area (Å²) in [5.74, 6) is -1.19. The van der Waals surface area contributed by atoms with Gasteiger partial charge in [-0.15, -0.1) is 0 Å². The fourth-order valence-electron chi connectivity index (χ4n) is 0.905. The minimum atomic E-state index is -0.686. The van der Waals surface area contributed by atoms with Crippen LogP contribution in [-0.4, -0.2) is 51.2 Å². The second kappa shape index (κ2) is 6.10. The first-order chi connectivity index (χ1) is 7.24. The molecule has 1 heterocycles. The van der Waals surface area contributed by atoms with Gasteiger partial charge in [0.2, 0.25) is 5.96 Å². The standard InChI is InChI=1S/C8H13N3O4/c1-14-4-5-15-3-2-9-8-10-6(12)7(13)11-8/h2-5H2,1H3,(H2,9,10,11,12,13). The van der Waals surface area contributed by atoms with Gasteiger partial charge in [0, 0.05) is 7.11 Å². The number of carbonyl (C=O) groups is 2. The molecule has 1 rings (SSSR count). The number of aliphatic imine (C=N–C) groups is 1. The van der Waals surface area contributed by atoms with E-state index in [4.69, 9.17) is 9.47 Å². The molecule has 0 saturated carbocycles. The number of hydrogen-bond donors (Lipinski definition) is 2. The van der Waals surface area contributed by atoms with Crippen molar-refractivity contribution in [2.45, 2.75) is 0 Å². The Bertz CT molecular complexity index is 259. The molecule has 0 unspecified atom stereocenters. The lowest BCUT2D eigenvalue weighted by Crippen LogP contribution is -2.26. The minimum Gasteiger partial charge on any atom is -0.382 e. The maximum atomic E-state index is 10.7. The van der Waals surface area contributed by atoms with Crippen LogP contribution in [0, 0.1) is 0 Å². The summed E-state index contributed by atoms with van der Waals surface area (Å²) in [7, 11) is 1.59. The van der Waals surface area contributed by atoms with E-state index in [0.717, 1.165) is 0 Å². The topological polar surface area (TPSA) is 89.0 Å². The van der Waals surface area contributed by atoms with Crippen molar-refractivity contribution in [1.82, 2.24) is 10.6 Å². The molecule has 0 aromatic carbocycles. The van der Waals surface area contributed by atoms with Crippen molar-refractivity contribution in [2.24, 2.45) is 4.99 Å². The van der Waals surface area contributed by atoms with Crippen LogP contribution in [0.25, 0.3) is 0 Å². The van der Waals surface area contributed by atoms with Crippen molar-refractivity contribution >= 4 is 17.8 Å². The van der Waals surface area contributed by atoms with Gasteiger partial charge in [0.1, 0.15) is 0 Å². The number of guanidine groups is 1. The fraction of sp³-hybridized carbons (Fsp3) is 0.625. The molecule has 0 aliphatic carbocycles. The molecule has 0 aromatic rings. The molecule has 1 fully saturated rings. The summed E-state index contributed by atoms with van der Waals surface area (Å²) < 4.78 is 9.91. The van der Waals surface area contributed by atoms with E-state index >= 15 is 0 Å². The third kappa shape index (κ3) is 4.05. The molecule has 84 valence electrons. The Kier molecular flexibility index (Phi) is 4.72. The number of hydrogen-bond acceptors (Lipinski definition) is 5. The van der Waals surface area contributed by atoms with Crippen molar-refractivity contribution < 1.29 is 19.1 Å². The van der Waals surface area contributed by atoms with Gasteiger partial charge >= 0.3 is 11.8 Å². The van der Waals surface area contributed by atoms with Gasteiger partial charge in [-0.05, 0) is 0 Å². The monoisotopic (exact) mass is 215 g/mol. The molecule has 7 heteroatoms. The predicted molar refractivity (Wildman–Crippen MR) is 51.3 cm³/mol. The van der Waals surface area contributed by atoms with Crippen molar-refractivity contribution in [1.29, 1.82) is 0 Å². The van der Waals surface area contributed by atoms with Gasteiger partial charge in [-0.25, -0.2) is 0 Å². The van der Waals surface area contributed by atoms with Crippen LogP contribution in [-0.2, 0) is 19.1 Å². The zero-order valence-electron chi connectivity index (χ0n) is 8.41. The first-order valence-corrected chi connectivity index (χ1v) is 4.47. The highest BCUT2D eigenvalue weighted by atomic mass is 16.5. The van der Waals surface area contributed by atoms with E-state index in [1.807, 2.05) is 0 Å². The molecule has 15 heavy (non-hydrogen) atoms. The molecule has 0 bridgehead atoms. The lowest BCUT2D eigenvalue weighted by molar-refractivity contribution is -0.135. The van der Waals surface area contributed by atoms with E-state index in [-0.39, 0.29) is 5.96 Å². The highest BCUT2D eigenvalue weighted by Crippen LogP contribution is 1.84. The van der Waals surface area contributed by atoms with Gasteiger partial charge < -0.3 is 9.47 Å². The van der Waals surface area contributed by atoms with E-state index in [1.54, 1.807) is 7.11 Å². The molecule has 1 aliphatic heterocycles. The second-order valence-electron chi connectivity index (χ2n) is 2.74. The van der Waals surface area contributed by atoms with Gasteiger partial charge in [0.05, 0.1) is 26.4 Å². The number of nitrogens with one attached hydrogen (secondary N) is 2. The smallest absolute Gasteiger partial charge is 0.316 e. The van der Waals surface area contributed by atoms with Crippen LogP contribution in [0.1, 0.15) is 0 Å². The van der Waals surface area contributed by atoms with Crippen LogP contribution in [0.2, 0.25) is 0 Å². The van der Waals surface area contributed by atoms with Crippen molar-refractivity contribution in [3.05, 3.63) is 0 Å². The van der Waals surface area contributed by atoms with Gasteiger partial charge in [0.25, 0.3) is 0 Å². The molecular weight excluding hydrogens is 202 g/mol. The molecule has 0 atom stereocenters. The Morgan fingerprint density at radius 2 is 1.80 bits per heavy atom. The van der Waals surface area contributed by atoms with E-state index in [0.29, 0.717) is 26.4 Å². The lowest BCUT2D eigenvalue weighted by atomic mass is 10.6. The molecule has 2 N–H and O–H groups in total. The van der Waals surface area contributed by atoms with E-state index in [9.17, 15) is 9.59 Å². The minimum absolute atomic E-state index is 0.181. The molecule has 1 aliphatic rings. The summed E-state index contributed by atoms with van der Waals surface area (Å²) in [6, 6.07) is 0. The van der Waals surface area contributed by atoms with Crippen molar-refractivity contribution in [2.75, 3.05) is 33.5 Å². The zero-order valence-corrected chi connectivity index (χ0v) is 8.41. The lowest BCUT2D eigenvalue weighted by Gasteiger charge is -2.01. The number of nitrogens with zero attached hydrogens (tertiary/aromatic N) is 1. The summed E-state index contributed by atoms with van der Waals surface area (Å²) in [5, 5.41) is 4.55. The summed E-state index contributed by atoms with van der Waals surface area (Å²) in [4.78, 5) is 25.3. The van der Waals surface area contributed by atoms with Gasteiger partial charge in [0.15, 0.2) is 0 Å². The van der Waals surface area contributed by atoms with Crippen LogP contribution >= 0.6 is 0 Å². The Labute approximate surface area is 86.8 Å². The predicted octanol–water partition coefficient (Wildman–Crippen LogP) is -1.75. The van der Waals surface area contributed by atoms with Crippen molar-refractivity contribution in [3.8, 4) is 0 Å². The van der Waals surface area contributed by atoms with Crippen LogP contribution < -0.4 is 10.6 Å². The summed E-state index contributed by atoms with van der Waals surface area (Å²) in [5.41, 5.74) is 0. The largest absolute Gasteiger partial charge is 0.382 e. The SMILES string of the molecule is COCCOCCN=C1NC(=O)C(=O)N1. The third-order valence-corrected chi connectivity index (χ3v) is 1.61. The maximum Gasteiger partial charge on any atom is 0.316 e. The Hall–Kier alpha value is -1.47. The molecule has 0 radical (unpaired) electrons. The van der Waals surface area contributed by atoms with Crippen LogP contribution in [0.4, 0.5) is 0 Å². The number of rotatable bonds is 6. The van der Waals surface area contributed by atoms with E-state index in [1.165, 1.54) is 0 Å². The number of amides is 2. The van der Waals surface area contributed by atoms with E-state index in [2.05, 4.69) is 15.6 Å². The Morgan fingerprint density at radius 3 is 2.40 bits per heavy atom. The maximum absolute atomic E-state index is 10.7. The fourth-order valence-corrected chi connectivity index (χ4v) is 0.905. The summed E-state index contributed by atoms with van der Waals surface area (Å²) in [6.07, 6.45) is 0. The molecule has 0 spiro atoms. The summed E-state index contributed by atoms with van der Waals surface area (Å²) in [6.45, 7) is 1.82. The van der Waals surface area contributed by atoms with Crippen LogP contribution in [0.3, 0.4) is 0 Å². The number of carbonyl (C=O) groups excluding carboxylic acids is 2. The normalized spacial score (nSPS) is 15.1. The first kappa shape index (κ1) is 11.6. The average Bonchev–Trinajstić information content (AvgIpc) is 2.52. The molecular formula is C8H13N3O4. The first-order valence-electron chi connectivity index (χ1n) is 4.47. The second-order valence-corrected chi connectivity index (χ2v) is 2.74. The molecule has 2 amide bonds. The Morgan fingerprint density at radius 1 is 1.13 bits per heavy atom. The van der Waals surface area contributed by atoms with Crippen LogP contribution in [0.15, 0.2) is 4.99 Å². The molecule has 7 nitrogen and oxygen atoms in total. The van der Waals surface area contributed by atoms with E-state index < -0.39 is 11.8 Å². The van der Waals surface area contributed by atoms with Gasteiger partial charge in [-0.2, -0.15) is 0 Å². The third-order valence-electron chi connectivity index (χ3n) is 1.61. The molecule has 0 aromatic heterocycles. The number of methoxy groups -OCH3 is 1. The van der Waals surface area contributed by atoms with Gasteiger partial charge in [-0.3, -0.25) is 25.2 Å². The Balaban J connectivity index is 2.11. The van der Waals surface area contributed by atoms with Gasteiger partial charge in [-0.1, -0.05) is 0 Å². The van der Waals surface area contributed by atoms with Crippen LogP contribution in [0.5, 0.6) is 0 Å². The zero-order chi connectivity index (χ0) is 11.1. The quantitative estimate of drug-likeness (QED) is 0.406. The average molecular weight is 215 g/mol.